The lowest BCUT2D eigenvalue weighted by molar-refractivity contribution is -0.274. The van der Waals surface area contributed by atoms with Crippen LogP contribution in [0.1, 0.15) is 43.9 Å². The normalized spacial score (nSPS) is 16.7. The number of alkyl halides is 3. The highest BCUT2D eigenvalue weighted by Gasteiger charge is 2.33. The number of aliphatic hydroxyl groups is 1. The fourth-order valence-corrected chi connectivity index (χ4v) is 5.69. The van der Waals surface area contributed by atoms with Crippen molar-refractivity contribution >= 4 is 28.6 Å². The van der Waals surface area contributed by atoms with Gasteiger partial charge in [0.15, 0.2) is 11.0 Å². The quantitative estimate of drug-likeness (QED) is 0.220. The highest BCUT2D eigenvalue weighted by atomic mass is 32.2. The zero-order chi connectivity index (χ0) is 32.3. The summed E-state index contributed by atoms with van der Waals surface area (Å²) >= 11 is 1.30. The van der Waals surface area contributed by atoms with Crippen LogP contribution in [-0.2, 0) is 0 Å². The number of urea groups is 1. The number of aliphatic imine (C=N–C) groups is 1. The standard InChI is InChI=1S/C31H31F3N6O4S/c1-18(2)25-15-24(43-4)13-14-26(25)40-27(41)16-45-30(40)37-29(42)36-19(3)20-5-7-21(8-6-20)28-35-17-39(38-28)22-9-11-23(12-10-22)44-31(32,33)34/h5-15,17-19,27,41H,16H2,1-4H3,(H,36,42)/b37-30-. The number of thioether (sulfide) groups is 1. The number of carbonyl (C=O) groups is 1. The Labute approximate surface area is 261 Å². The zero-order valence-corrected chi connectivity index (χ0v) is 25.6. The van der Waals surface area contributed by atoms with E-state index >= 15 is 0 Å². The summed E-state index contributed by atoms with van der Waals surface area (Å²) in [5.74, 6) is 1.30. The van der Waals surface area contributed by atoms with Crippen molar-refractivity contribution in [1.29, 1.82) is 0 Å². The second-order valence-electron chi connectivity index (χ2n) is 10.5. The number of benzene rings is 3. The van der Waals surface area contributed by atoms with Gasteiger partial charge in [0.2, 0.25) is 0 Å². The van der Waals surface area contributed by atoms with Gasteiger partial charge in [-0.15, -0.1) is 18.3 Å². The topological polar surface area (TPSA) is 114 Å². The van der Waals surface area contributed by atoms with E-state index < -0.39 is 18.6 Å². The Balaban J connectivity index is 1.25. The first-order chi connectivity index (χ1) is 21.4. The maximum Gasteiger partial charge on any atom is 0.573 e. The molecule has 1 aliphatic heterocycles. The average Bonchev–Trinajstić information content (AvgIpc) is 3.63. The largest absolute Gasteiger partial charge is 0.573 e. The molecule has 2 amide bonds. The van der Waals surface area contributed by atoms with Crippen LogP contribution in [0.25, 0.3) is 17.1 Å². The molecule has 0 aliphatic carbocycles. The van der Waals surface area contributed by atoms with E-state index in [-0.39, 0.29) is 17.7 Å². The van der Waals surface area contributed by atoms with Gasteiger partial charge in [-0.3, -0.25) is 4.90 Å². The van der Waals surface area contributed by atoms with Crippen LogP contribution in [0.4, 0.5) is 23.7 Å². The molecule has 14 heteroatoms. The minimum atomic E-state index is -4.77. The van der Waals surface area contributed by atoms with Gasteiger partial charge in [-0.05, 0) is 66.4 Å². The number of rotatable bonds is 8. The number of methoxy groups -OCH3 is 1. The summed E-state index contributed by atoms with van der Waals surface area (Å²) in [5.41, 5.74) is 3.77. The van der Waals surface area contributed by atoms with Gasteiger partial charge in [0.25, 0.3) is 0 Å². The van der Waals surface area contributed by atoms with E-state index in [1.54, 1.807) is 12.0 Å². The van der Waals surface area contributed by atoms with Gasteiger partial charge in [0, 0.05) is 17.0 Å². The number of ether oxygens (including phenoxy) is 2. The molecule has 3 aromatic carbocycles. The Kier molecular flexibility index (Phi) is 9.34. The maximum atomic E-state index is 13.0. The average molecular weight is 641 g/mol. The van der Waals surface area contributed by atoms with Crippen LogP contribution in [0, 0.1) is 0 Å². The Morgan fingerprint density at radius 2 is 1.76 bits per heavy atom. The van der Waals surface area contributed by atoms with Gasteiger partial charge in [-0.25, -0.2) is 14.5 Å². The van der Waals surface area contributed by atoms with Crippen molar-refractivity contribution < 1.29 is 32.5 Å². The van der Waals surface area contributed by atoms with Crippen LogP contribution in [0.3, 0.4) is 0 Å². The van der Waals surface area contributed by atoms with Gasteiger partial charge in [0.05, 0.1) is 18.8 Å². The molecule has 5 rings (SSSR count). The monoisotopic (exact) mass is 640 g/mol. The van der Waals surface area contributed by atoms with Gasteiger partial charge >= 0.3 is 12.4 Å². The lowest BCUT2D eigenvalue weighted by atomic mass is 10.00. The molecular formula is C31H31F3N6O4S. The number of amides is 2. The molecule has 236 valence electrons. The van der Waals surface area contributed by atoms with Crippen LogP contribution in [-0.4, -0.2) is 56.5 Å². The van der Waals surface area contributed by atoms with Crippen LogP contribution < -0.4 is 19.7 Å². The molecule has 1 aliphatic rings. The molecule has 1 saturated heterocycles. The van der Waals surface area contributed by atoms with Gasteiger partial charge in [-0.2, -0.15) is 4.99 Å². The number of hydrogen-bond donors (Lipinski definition) is 2. The molecule has 0 saturated carbocycles. The predicted molar refractivity (Wildman–Crippen MR) is 166 cm³/mol. The number of nitrogens with zero attached hydrogens (tertiary/aromatic N) is 5. The lowest BCUT2D eigenvalue weighted by Crippen LogP contribution is -2.36. The van der Waals surface area contributed by atoms with Crippen LogP contribution in [0.15, 0.2) is 78.0 Å². The molecule has 10 nitrogen and oxygen atoms in total. The smallest absolute Gasteiger partial charge is 0.497 e. The summed E-state index contributed by atoms with van der Waals surface area (Å²) in [6.07, 6.45) is -4.14. The number of amidine groups is 1. The van der Waals surface area contributed by atoms with Gasteiger partial charge in [0.1, 0.15) is 24.1 Å². The zero-order valence-electron chi connectivity index (χ0n) is 24.8. The molecule has 2 heterocycles. The van der Waals surface area contributed by atoms with E-state index in [0.717, 1.165) is 16.8 Å². The van der Waals surface area contributed by atoms with E-state index in [0.29, 0.717) is 33.7 Å². The Morgan fingerprint density at radius 3 is 2.40 bits per heavy atom. The number of carbonyl (C=O) groups excluding carboxylic acids is 1. The molecule has 0 radical (unpaired) electrons. The van der Waals surface area contributed by atoms with Crippen molar-refractivity contribution in [2.75, 3.05) is 17.8 Å². The molecule has 45 heavy (non-hydrogen) atoms. The number of aromatic nitrogens is 3. The van der Waals surface area contributed by atoms with E-state index in [4.69, 9.17) is 4.74 Å². The lowest BCUT2D eigenvalue weighted by Gasteiger charge is -2.26. The van der Waals surface area contributed by atoms with Crippen LogP contribution >= 0.6 is 11.8 Å². The number of nitrogens with one attached hydrogen (secondary N) is 1. The van der Waals surface area contributed by atoms with Crippen LogP contribution in [0.5, 0.6) is 11.5 Å². The van der Waals surface area contributed by atoms with E-state index in [1.165, 1.54) is 47.0 Å². The van der Waals surface area contributed by atoms with Crippen molar-refractivity contribution in [3.8, 4) is 28.6 Å². The van der Waals surface area contributed by atoms with E-state index in [2.05, 4.69) is 25.1 Å². The molecule has 4 aromatic rings. The van der Waals surface area contributed by atoms with Crippen LogP contribution in [0.2, 0.25) is 0 Å². The molecule has 2 N–H and O–H groups in total. The Hall–Kier alpha value is -4.56. The summed E-state index contributed by atoms with van der Waals surface area (Å²) in [4.78, 5) is 23.2. The first-order valence-electron chi connectivity index (χ1n) is 14.0. The Bertz CT molecular complexity index is 1680. The number of hydrogen-bond acceptors (Lipinski definition) is 7. The molecule has 1 fully saturated rings. The summed E-state index contributed by atoms with van der Waals surface area (Å²) in [7, 11) is 1.60. The summed E-state index contributed by atoms with van der Waals surface area (Å²) in [5, 5.41) is 18.5. The first kappa shape index (κ1) is 31.9. The first-order valence-corrected chi connectivity index (χ1v) is 15.0. The Morgan fingerprint density at radius 1 is 1.07 bits per heavy atom. The summed E-state index contributed by atoms with van der Waals surface area (Å²) in [6.45, 7) is 5.93. The fraction of sp³-hybridized carbons (Fsp3) is 0.290. The fourth-order valence-electron chi connectivity index (χ4n) is 4.74. The maximum absolute atomic E-state index is 13.0. The van der Waals surface area contributed by atoms with E-state index in [9.17, 15) is 23.1 Å². The molecule has 0 bridgehead atoms. The number of halogens is 3. The van der Waals surface area contributed by atoms with Crippen molar-refractivity contribution in [1.82, 2.24) is 20.1 Å². The third-order valence-electron chi connectivity index (χ3n) is 7.01. The molecule has 2 atom stereocenters. The minimum absolute atomic E-state index is 0.142. The SMILES string of the molecule is COc1ccc(N2/C(=N/C(=O)NC(C)c3ccc(-c4ncn(-c5ccc(OC(F)(F)F)cc5)n4)cc3)SCC2O)c(C(C)C)c1. The number of aliphatic hydroxyl groups excluding tert-OH is 1. The van der Waals surface area contributed by atoms with Crippen molar-refractivity contribution in [3.63, 3.8) is 0 Å². The molecule has 0 spiro atoms. The van der Waals surface area contributed by atoms with Gasteiger partial charge in [-0.1, -0.05) is 49.9 Å². The highest BCUT2D eigenvalue weighted by molar-refractivity contribution is 8.14. The highest BCUT2D eigenvalue weighted by Crippen LogP contribution is 2.37. The van der Waals surface area contributed by atoms with Crippen molar-refractivity contribution in [2.45, 2.75) is 45.3 Å². The third-order valence-corrected chi connectivity index (χ3v) is 8.03. The van der Waals surface area contributed by atoms with Gasteiger partial charge < -0.3 is 19.9 Å². The molecule has 1 aromatic heterocycles. The van der Waals surface area contributed by atoms with Crippen molar-refractivity contribution in [2.24, 2.45) is 4.99 Å². The molecular weight excluding hydrogens is 609 g/mol. The summed E-state index contributed by atoms with van der Waals surface area (Å²) in [6, 6.07) is 17.3. The number of anilines is 1. The summed E-state index contributed by atoms with van der Waals surface area (Å²) < 4.78 is 48.0. The third kappa shape index (κ3) is 7.57. The second-order valence-corrected chi connectivity index (χ2v) is 11.5. The second kappa shape index (κ2) is 13.2. The van der Waals surface area contributed by atoms with Crippen molar-refractivity contribution in [3.05, 3.63) is 84.2 Å². The minimum Gasteiger partial charge on any atom is -0.497 e. The predicted octanol–water partition coefficient (Wildman–Crippen LogP) is 6.66. The van der Waals surface area contributed by atoms with E-state index in [1.807, 2.05) is 63.2 Å². The molecule has 2 unspecified atom stereocenters.